The number of amides is 1. The number of piperidine rings is 1. The third-order valence-corrected chi connectivity index (χ3v) is 5.90. The highest BCUT2D eigenvalue weighted by Gasteiger charge is 2.35. The number of imidazole rings is 1. The molecule has 2 aliphatic rings. The number of hydrogen-bond acceptors (Lipinski definition) is 5. The summed E-state index contributed by atoms with van der Waals surface area (Å²) in [6, 6.07) is 6.05. The molecule has 0 aliphatic carbocycles. The van der Waals surface area contributed by atoms with Gasteiger partial charge in [0.25, 0.3) is 0 Å². The Hall–Kier alpha value is -2.41. The summed E-state index contributed by atoms with van der Waals surface area (Å²) in [7, 11) is 0. The second kappa shape index (κ2) is 7.44. The summed E-state index contributed by atoms with van der Waals surface area (Å²) in [4.78, 5) is 31.3. The zero-order valence-electron chi connectivity index (χ0n) is 17.6. The van der Waals surface area contributed by atoms with Crippen LogP contribution in [0.3, 0.4) is 0 Å². The molecule has 4 rings (SSSR count). The molecule has 1 aromatic heterocycles. The maximum Gasteiger partial charge on any atom is 0.397 e. The van der Waals surface area contributed by atoms with E-state index in [1.54, 1.807) is 11.8 Å². The first kappa shape index (κ1) is 19.9. The van der Waals surface area contributed by atoms with Gasteiger partial charge in [0.2, 0.25) is 0 Å². The van der Waals surface area contributed by atoms with Crippen molar-refractivity contribution in [3.8, 4) is 0 Å². The molecule has 2 aliphatic heterocycles. The van der Waals surface area contributed by atoms with E-state index in [1.807, 2.05) is 0 Å². The summed E-state index contributed by atoms with van der Waals surface area (Å²) < 4.78 is 13.1. The minimum absolute atomic E-state index is 0.140. The van der Waals surface area contributed by atoms with Crippen LogP contribution in [0.4, 0.5) is 0 Å². The van der Waals surface area contributed by atoms with Crippen LogP contribution >= 0.6 is 0 Å². The summed E-state index contributed by atoms with van der Waals surface area (Å²) in [5.74, 6) is -0.0480. The molecular formula is C22H29N3O4. The van der Waals surface area contributed by atoms with Gasteiger partial charge in [0.1, 0.15) is 12.4 Å². The Bertz CT molecular complexity index is 949. The Morgan fingerprint density at radius 1 is 1.31 bits per heavy atom. The molecule has 1 fully saturated rings. The van der Waals surface area contributed by atoms with Crippen LogP contribution in [0.25, 0.3) is 11.0 Å². The second-order valence-electron chi connectivity index (χ2n) is 8.79. The zero-order valence-corrected chi connectivity index (χ0v) is 17.6. The van der Waals surface area contributed by atoms with Crippen LogP contribution in [0, 0.1) is 5.92 Å². The van der Waals surface area contributed by atoms with Gasteiger partial charge in [0.05, 0.1) is 35.8 Å². The monoisotopic (exact) mass is 399 g/mol. The van der Waals surface area contributed by atoms with Crippen LogP contribution in [0.5, 0.6) is 0 Å². The van der Waals surface area contributed by atoms with Crippen LogP contribution in [0.2, 0.25) is 0 Å². The Balaban J connectivity index is 1.67. The van der Waals surface area contributed by atoms with Crippen LogP contribution in [0.15, 0.2) is 18.2 Å². The predicted molar refractivity (Wildman–Crippen MR) is 108 cm³/mol. The van der Waals surface area contributed by atoms with Crippen molar-refractivity contribution in [1.82, 2.24) is 14.5 Å². The van der Waals surface area contributed by atoms with Gasteiger partial charge in [-0.15, -0.1) is 0 Å². The molecular weight excluding hydrogens is 370 g/mol. The molecule has 29 heavy (non-hydrogen) atoms. The normalized spacial score (nSPS) is 23.7. The molecule has 0 spiro atoms. The van der Waals surface area contributed by atoms with Gasteiger partial charge in [-0.2, -0.15) is 0 Å². The average molecular weight is 399 g/mol. The van der Waals surface area contributed by atoms with Crippen LogP contribution < -0.4 is 0 Å². The molecule has 1 aromatic carbocycles. The molecule has 156 valence electrons. The minimum Gasteiger partial charge on any atom is -0.459 e. The average Bonchev–Trinajstić information content (AvgIpc) is 3.03. The summed E-state index contributed by atoms with van der Waals surface area (Å²) in [5.41, 5.74) is 2.77. The van der Waals surface area contributed by atoms with Gasteiger partial charge < -0.3 is 18.9 Å². The molecule has 2 atom stereocenters. The number of benzene rings is 1. The van der Waals surface area contributed by atoms with Crippen molar-refractivity contribution in [2.75, 3.05) is 13.2 Å². The van der Waals surface area contributed by atoms with Gasteiger partial charge in [-0.25, -0.2) is 9.78 Å². The summed E-state index contributed by atoms with van der Waals surface area (Å²) in [5, 5.41) is 0. The van der Waals surface area contributed by atoms with Crippen molar-refractivity contribution in [3.05, 3.63) is 29.6 Å². The van der Waals surface area contributed by atoms with Crippen molar-refractivity contribution in [2.45, 2.75) is 65.3 Å². The van der Waals surface area contributed by atoms with Crippen LogP contribution in [0.1, 0.15) is 58.0 Å². The van der Waals surface area contributed by atoms with Gasteiger partial charge in [-0.05, 0) is 57.2 Å². The highest BCUT2D eigenvalue weighted by molar-refractivity contribution is 6.32. The van der Waals surface area contributed by atoms with Gasteiger partial charge in [0, 0.05) is 6.54 Å². The van der Waals surface area contributed by atoms with Crippen molar-refractivity contribution >= 4 is 22.9 Å². The molecule has 1 amide bonds. The Kier molecular flexibility index (Phi) is 5.11. The molecule has 2 aromatic rings. The van der Waals surface area contributed by atoms with Gasteiger partial charge in [-0.3, -0.25) is 4.79 Å². The number of aromatic nitrogens is 2. The lowest BCUT2D eigenvalue weighted by Crippen LogP contribution is -2.45. The number of nitrogens with zero attached hydrogens (tertiary/aromatic N) is 3. The maximum absolute atomic E-state index is 12.7. The van der Waals surface area contributed by atoms with Crippen molar-refractivity contribution in [3.63, 3.8) is 0 Å². The number of hydrogen-bond donors (Lipinski definition) is 0. The first-order valence-corrected chi connectivity index (χ1v) is 10.4. The van der Waals surface area contributed by atoms with E-state index in [4.69, 9.17) is 14.5 Å². The fourth-order valence-corrected chi connectivity index (χ4v) is 4.41. The molecule has 1 unspecified atom stereocenters. The quantitative estimate of drug-likeness (QED) is 0.573. The van der Waals surface area contributed by atoms with Crippen molar-refractivity contribution in [2.24, 2.45) is 5.92 Å². The fourth-order valence-electron chi connectivity index (χ4n) is 4.41. The highest BCUT2D eigenvalue weighted by atomic mass is 16.5. The van der Waals surface area contributed by atoms with E-state index in [0.717, 1.165) is 41.8 Å². The SMILES string of the molecule is CCOC(=O)C(=O)N1C[C@@H](C)CCC1c1ccc2c(c1)nc1n2CC(C)(C)OC1. The molecule has 0 N–H and O–H groups in total. The van der Waals surface area contributed by atoms with E-state index in [2.05, 4.69) is 43.5 Å². The van der Waals surface area contributed by atoms with Crippen molar-refractivity contribution < 1.29 is 19.1 Å². The lowest BCUT2D eigenvalue weighted by Gasteiger charge is -2.38. The first-order chi connectivity index (χ1) is 13.8. The molecule has 7 nitrogen and oxygen atoms in total. The fraction of sp³-hybridized carbons (Fsp3) is 0.591. The summed E-state index contributed by atoms with van der Waals surface area (Å²) in [6.07, 6.45) is 1.83. The third-order valence-electron chi connectivity index (χ3n) is 5.90. The molecule has 3 heterocycles. The van der Waals surface area contributed by atoms with E-state index in [0.29, 0.717) is 19.1 Å². The topological polar surface area (TPSA) is 73.7 Å². The Labute approximate surface area is 171 Å². The molecule has 7 heteroatoms. The standard InChI is InChI=1S/C22H29N3O4/c1-5-28-21(27)20(26)24-11-14(2)6-8-17(24)15-7-9-18-16(10-15)23-19-12-29-22(3,4)13-25(18)19/h7,9-10,14,17H,5-6,8,11-13H2,1-4H3/t14-,17?/m0/s1. The van der Waals surface area contributed by atoms with Gasteiger partial charge in [-0.1, -0.05) is 13.0 Å². The Morgan fingerprint density at radius 2 is 2.10 bits per heavy atom. The Morgan fingerprint density at radius 3 is 2.86 bits per heavy atom. The van der Waals surface area contributed by atoms with E-state index in [9.17, 15) is 9.59 Å². The number of likely N-dealkylation sites (tertiary alicyclic amines) is 1. The number of carbonyl (C=O) groups is 2. The summed E-state index contributed by atoms with van der Waals surface area (Å²) in [6.45, 7) is 9.98. The van der Waals surface area contributed by atoms with Crippen LogP contribution in [-0.4, -0.2) is 45.1 Å². The van der Waals surface area contributed by atoms with E-state index in [1.165, 1.54) is 0 Å². The smallest absolute Gasteiger partial charge is 0.397 e. The highest BCUT2D eigenvalue weighted by Crippen LogP contribution is 2.35. The van der Waals surface area contributed by atoms with Crippen molar-refractivity contribution in [1.29, 1.82) is 0 Å². The number of rotatable bonds is 2. The number of ether oxygens (including phenoxy) is 2. The number of carbonyl (C=O) groups excluding carboxylic acids is 2. The maximum atomic E-state index is 12.7. The number of esters is 1. The largest absolute Gasteiger partial charge is 0.459 e. The molecule has 0 bridgehead atoms. The lowest BCUT2D eigenvalue weighted by atomic mass is 9.89. The predicted octanol–water partition coefficient (Wildman–Crippen LogP) is 3.21. The first-order valence-electron chi connectivity index (χ1n) is 10.4. The lowest BCUT2D eigenvalue weighted by molar-refractivity contribution is -0.162. The van der Waals surface area contributed by atoms with Crippen LogP contribution in [-0.2, 0) is 32.2 Å². The van der Waals surface area contributed by atoms with E-state index < -0.39 is 11.9 Å². The van der Waals surface area contributed by atoms with E-state index in [-0.39, 0.29) is 18.2 Å². The third kappa shape index (κ3) is 3.75. The number of fused-ring (bicyclic) bond motifs is 3. The zero-order chi connectivity index (χ0) is 20.8. The molecule has 1 saturated heterocycles. The van der Waals surface area contributed by atoms with E-state index >= 15 is 0 Å². The second-order valence-corrected chi connectivity index (χ2v) is 8.79. The molecule has 0 radical (unpaired) electrons. The van der Waals surface area contributed by atoms with Gasteiger partial charge in [0.15, 0.2) is 0 Å². The molecule has 0 saturated carbocycles. The minimum atomic E-state index is -0.774. The summed E-state index contributed by atoms with van der Waals surface area (Å²) >= 11 is 0. The van der Waals surface area contributed by atoms with Gasteiger partial charge >= 0.3 is 11.9 Å².